The maximum Gasteiger partial charge on any atom is 0.252 e. The van der Waals surface area contributed by atoms with Crippen LogP contribution in [0.25, 0.3) is 0 Å². The van der Waals surface area contributed by atoms with Gasteiger partial charge in [0.15, 0.2) is 0 Å². The molecule has 0 fully saturated rings. The minimum Gasteiger partial charge on any atom is -0.399 e. The minimum atomic E-state index is -0.782. The zero-order valence-corrected chi connectivity index (χ0v) is 11.8. The summed E-state index contributed by atoms with van der Waals surface area (Å²) >= 11 is 0. The van der Waals surface area contributed by atoms with E-state index in [9.17, 15) is 13.6 Å². The lowest BCUT2D eigenvalue weighted by atomic mass is 10.0. The predicted molar refractivity (Wildman–Crippen MR) is 77.8 cm³/mol. The lowest BCUT2D eigenvalue weighted by molar-refractivity contribution is 0.0938. The highest BCUT2D eigenvalue weighted by molar-refractivity contribution is 5.96. The van der Waals surface area contributed by atoms with Crippen molar-refractivity contribution < 1.29 is 13.6 Å². The third kappa shape index (κ3) is 3.18. The highest BCUT2D eigenvalue weighted by Crippen LogP contribution is 2.21. The number of hydrogen-bond acceptors (Lipinski definition) is 2. The van der Waals surface area contributed by atoms with E-state index in [1.165, 1.54) is 13.0 Å². The van der Waals surface area contributed by atoms with E-state index in [0.717, 1.165) is 12.1 Å². The maximum atomic E-state index is 13.7. The van der Waals surface area contributed by atoms with Gasteiger partial charge in [0.1, 0.15) is 11.6 Å². The summed E-state index contributed by atoms with van der Waals surface area (Å²) < 4.78 is 27.4. The van der Waals surface area contributed by atoms with Gasteiger partial charge in [-0.3, -0.25) is 4.79 Å². The number of hydrogen-bond donors (Lipinski definition) is 2. The van der Waals surface area contributed by atoms with Gasteiger partial charge < -0.3 is 11.1 Å². The van der Waals surface area contributed by atoms with Crippen molar-refractivity contribution >= 4 is 11.6 Å². The number of nitrogens with one attached hydrogen (secondary N) is 1. The number of anilines is 1. The molecular formula is C16H16F2N2O. The first kappa shape index (κ1) is 15.0. The molecule has 2 aromatic carbocycles. The molecule has 1 atom stereocenters. The Balaban J connectivity index is 2.23. The molecule has 1 unspecified atom stereocenters. The van der Waals surface area contributed by atoms with Crippen molar-refractivity contribution in [2.75, 3.05) is 5.73 Å². The summed E-state index contributed by atoms with van der Waals surface area (Å²) in [5, 5.41) is 2.59. The number of amides is 1. The second kappa shape index (κ2) is 5.91. The summed E-state index contributed by atoms with van der Waals surface area (Å²) in [7, 11) is 0. The Bertz CT molecular complexity index is 666. The molecule has 0 saturated carbocycles. The van der Waals surface area contributed by atoms with Crippen molar-refractivity contribution in [2.45, 2.75) is 19.9 Å². The Kier molecular flexibility index (Phi) is 4.21. The molecule has 110 valence electrons. The summed E-state index contributed by atoms with van der Waals surface area (Å²) in [6, 6.07) is 7.69. The fraction of sp³-hybridized carbons (Fsp3) is 0.188. The van der Waals surface area contributed by atoms with E-state index in [1.807, 2.05) is 0 Å². The molecule has 0 aliphatic carbocycles. The normalized spacial score (nSPS) is 12.0. The van der Waals surface area contributed by atoms with Crippen LogP contribution >= 0.6 is 0 Å². The van der Waals surface area contributed by atoms with Crippen LogP contribution in [0.1, 0.15) is 34.5 Å². The molecule has 1 amide bonds. The van der Waals surface area contributed by atoms with Gasteiger partial charge >= 0.3 is 0 Å². The highest BCUT2D eigenvalue weighted by atomic mass is 19.1. The minimum absolute atomic E-state index is 0.154. The Morgan fingerprint density at radius 3 is 2.38 bits per heavy atom. The van der Waals surface area contributed by atoms with E-state index in [2.05, 4.69) is 5.32 Å². The van der Waals surface area contributed by atoms with Crippen molar-refractivity contribution in [3.8, 4) is 0 Å². The SMILES string of the molecule is Cc1cc(N)ccc1C(=O)NC(C)c1c(F)cccc1F. The van der Waals surface area contributed by atoms with Crippen molar-refractivity contribution in [3.05, 3.63) is 64.7 Å². The van der Waals surface area contributed by atoms with Crippen LogP contribution in [0.3, 0.4) is 0 Å². The molecule has 0 aliphatic rings. The van der Waals surface area contributed by atoms with E-state index in [4.69, 9.17) is 5.73 Å². The van der Waals surface area contributed by atoms with E-state index in [0.29, 0.717) is 16.8 Å². The van der Waals surface area contributed by atoms with Gasteiger partial charge in [0.25, 0.3) is 5.91 Å². The Morgan fingerprint density at radius 1 is 1.19 bits per heavy atom. The number of halogens is 2. The molecule has 0 spiro atoms. The summed E-state index contributed by atoms with van der Waals surface area (Å²) in [4.78, 5) is 12.2. The summed E-state index contributed by atoms with van der Waals surface area (Å²) in [5.74, 6) is -1.77. The average Bonchev–Trinajstić information content (AvgIpc) is 2.37. The van der Waals surface area contributed by atoms with Gasteiger partial charge in [0, 0.05) is 16.8 Å². The average molecular weight is 290 g/mol. The molecule has 2 rings (SSSR count). The first-order valence-electron chi connectivity index (χ1n) is 6.51. The van der Waals surface area contributed by atoms with Crippen LogP contribution in [0, 0.1) is 18.6 Å². The van der Waals surface area contributed by atoms with E-state index < -0.39 is 23.6 Å². The fourth-order valence-electron chi connectivity index (χ4n) is 2.21. The number of nitrogens with two attached hydrogens (primary N) is 1. The Hall–Kier alpha value is -2.43. The molecule has 3 N–H and O–H groups in total. The number of benzene rings is 2. The molecule has 3 nitrogen and oxygen atoms in total. The molecular weight excluding hydrogens is 274 g/mol. The second-order valence-electron chi connectivity index (χ2n) is 4.90. The van der Waals surface area contributed by atoms with Crippen molar-refractivity contribution in [2.24, 2.45) is 0 Å². The maximum absolute atomic E-state index is 13.7. The van der Waals surface area contributed by atoms with Crippen LogP contribution in [0.2, 0.25) is 0 Å². The fourth-order valence-corrected chi connectivity index (χ4v) is 2.21. The first-order chi connectivity index (χ1) is 9.90. The van der Waals surface area contributed by atoms with Crippen molar-refractivity contribution in [1.82, 2.24) is 5.32 Å². The lowest BCUT2D eigenvalue weighted by Crippen LogP contribution is -2.28. The molecule has 2 aromatic rings. The van der Waals surface area contributed by atoms with Crippen LogP contribution in [0.4, 0.5) is 14.5 Å². The Labute approximate surface area is 121 Å². The standard InChI is InChI=1S/C16H16F2N2O/c1-9-8-11(19)6-7-12(9)16(21)20-10(2)15-13(17)4-3-5-14(15)18/h3-8,10H,19H2,1-2H3,(H,20,21). The van der Waals surface area contributed by atoms with Gasteiger partial charge in [0.05, 0.1) is 6.04 Å². The summed E-state index contributed by atoms with van der Waals surface area (Å²) in [6.07, 6.45) is 0. The molecule has 0 radical (unpaired) electrons. The lowest BCUT2D eigenvalue weighted by Gasteiger charge is -2.16. The van der Waals surface area contributed by atoms with Gasteiger partial charge in [0.2, 0.25) is 0 Å². The van der Waals surface area contributed by atoms with E-state index in [1.54, 1.807) is 25.1 Å². The molecule has 5 heteroatoms. The van der Waals surface area contributed by atoms with E-state index in [-0.39, 0.29) is 5.56 Å². The predicted octanol–water partition coefficient (Wildman–Crippen LogP) is 3.35. The van der Waals surface area contributed by atoms with E-state index >= 15 is 0 Å². The van der Waals surface area contributed by atoms with Crippen LogP contribution in [-0.4, -0.2) is 5.91 Å². The van der Waals surface area contributed by atoms with Crippen LogP contribution in [0.15, 0.2) is 36.4 Å². The summed E-state index contributed by atoms with van der Waals surface area (Å²) in [5.41, 5.74) is 7.15. The number of carbonyl (C=O) groups is 1. The first-order valence-corrected chi connectivity index (χ1v) is 6.51. The van der Waals surface area contributed by atoms with Gasteiger partial charge in [-0.25, -0.2) is 8.78 Å². The highest BCUT2D eigenvalue weighted by Gasteiger charge is 2.19. The molecule has 0 bridgehead atoms. The van der Waals surface area contributed by atoms with Gasteiger partial charge in [-0.2, -0.15) is 0 Å². The number of nitrogen functional groups attached to an aromatic ring is 1. The molecule has 21 heavy (non-hydrogen) atoms. The van der Waals surface area contributed by atoms with Crippen LogP contribution in [0.5, 0.6) is 0 Å². The third-order valence-electron chi connectivity index (χ3n) is 3.28. The largest absolute Gasteiger partial charge is 0.399 e. The Morgan fingerprint density at radius 2 is 1.81 bits per heavy atom. The zero-order chi connectivity index (χ0) is 15.6. The molecule has 0 heterocycles. The van der Waals surface area contributed by atoms with Crippen molar-refractivity contribution in [3.63, 3.8) is 0 Å². The quantitative estimate of drug-likeness (QED) is 0.852. The topological polar surface area (TPSA) is 55.1 Å². The molecule has 0 aromatic heterocycles. The van der Waals surface area contributed by atoms with Gasteiger partial charge in [-0.05, 0) is 49.7 Å². The van der Waals surface area contributed by atoms with Gasteiger partial charge in [-0.1, -0.05) is 6.07 Å². The third-order valence-corrected chi connectivity index (χ3v) is 3.28. The number of aryl methyl sites for hydroxylation is 1. The smallest absolute Gasteiger partial charge is 0.252 e. The molecule has 0 saturated heterocycles. The monoisotopic (exact) mass is 290 g/mol. The van der Waals surface area contributed by atoms with Crippen molar-refractivity contribution in [1.29, 1.82) is 0 Å². The number of carbonyl (C=O) groups excluding carboxylic acids is 1. The second-order valence-corrected chi connectivity index (χ2v) is 4.90. The van der Waals surface area contributed by atoms with Crippen LogP contribution < -0.4 is 11.1 Å². The zero-order valence-electron chi connectivity index (χ0n) is 11.8. The van der Waals surface area contributed by atoms with Gasteiger partial charge in [-0.15, -0.1) is 0 Å². The molecule has 0 aliphatic heterocycles. The number of rotatable bonds is 3. The van der Waals surface area contributed by atoms with Crippen LogP contribution in [-0.2, 0) is 0 Å². The summed E-state index contributed by atoms with van der Waals surface area (Å²) in [6.45, 7) is 3.28.